The summed E-state index contributed by atoms with van der Waals surface area (Å²) in [5.41, 5.74) is 0.904. The Morgan fingerprint density at radius 2 is 2.00 bits per heavy atom. The summed E-state index contributed by atoms with van der Waals surface area (Å²) in [6.07, 6.45) is 6.77. The van der Waals surface area contributed by atoms with Gasteiger partial charge in [0.1, 0.15) is 0 Å². The number of hydrogen-bond acceptors (Lipinski definition) is 3. The van der Waals surface area contributed by atoms with E-state index in [1.54, 1.807) is 6.20 Å². The van der Waals surface area contributed by atoms with Crippen LogP contribution in [0, 0.1) is 0 Å². The van der Waals surface area contributed by atoms with Crippen molar-refractivity contribution >= 4 is 5.91 Å². The summed E-state index contributed by atoms with van der Waals surface area (Å²) in [4.78, 5) is 18.3. The molecule has 0 radical (unpaired) electrons. The summed E-state index contributed by atoms with van der Waals surface area (Å²) in [7, 11) is 0. The first-order valence-electron chi connectivity index (χ1n) is 6.73. The van der Waals surface area contributed by atoms with E-state index in [9.17, 15) is 4.79 Å². The zero-order chi connectivity index (χ0) is 12.6. The predicted molar refractivity (Wildman–Crippen MR) is 71.0 cm³/mol. The fraction of sp³-hybridized carbons (Fsp3) is 0.571. The summed E-state index contributed by atoms with van der Waals surface area (Å²) in [6.45, 7) is 3.15. The number of nitrogens with zero attached hydrogens (tertiary/aromatic N) is 2. The second kappa shape index (κ2) is 7.11. The number of pyridine rings is 1. The molecule has 0 atom stereocenters. The van der Waals surface area contributed by atoms with Crippen molar-refractivity contribution in [2.24, 2.45) is 0 Å². The van der Waals surface area contributed by atoms with Crippen molar-refractivity contribution in [3.8, 4) is 0 Å². The van der Waals surface area contributed by atoms with Gasteiger partial charge < -0.3 is 5.32 Å². The third-order valence-corrected chi connectivity index (χ3v) is 3.26. The van der Waals surface area contributed by atoms with Gasteiger partial charge in [0.25, 0.3) is 0 Å². The van der Waals surface area contributed by atoms with Crippen LogP contribution in [0.2, 0.25) is 0 Å². The van der Waals surface area contributed by atoms with Gasteiger partial charge in [0.05, 0.1) is 18.8 Å². The lowest BCUT2D eigenvalue weighted by Crippen LogP contribution is -2.37. The molecule has 0 unspecified atom stereocenters. The number of carbonyl (C=O) groups is 1. The fourth-order valence-electron chi connectivity index (χ4n) is 2.25. The third kappa shape index (κ3) is 4.45. The maximum absolute atomic E-state index is 11.8. The van der Waals surface area contributed by atoms with Crippen molar-refractivity contribution in [2.75, 3.05) is 19.6 Å². The Labute approximate surface area is 108 Å². The molecule has 1 fully saturated rings. The van der Waals surface area contributed by atoms with E-state index in [0.717, 1.165) is 18.8 Å². The molecule has 1 aromatic rings. The molecule has 1 aliphatic rings. The molecule has 0 bridgehead atoms. The molecule has 1 amide bonds. The number of hydrogen-bond donors (Lipinski definition) is 1. The number of nitrogens with one attached hydrogen (secondary N) is 1. The van der Waals surface area contributed by atoms with E-state index < -0.39 is 0 Å². The Balaban J connectivity index is 1.71. The van der Waals surface area contributed by atoms with Crippen LogP contribution in [-0.2, 0) is 11.3 Å². The SMILES string of the molecule is O=C(CN1CCCCCC1)NCc1ccccn1. The van der Waals surface area contributed by atoms with Gasteiger partial charge in [0.15, 0.2) is 0 Å². The second-order valence-electron chi connectivity index (χ2n) is 4.79. The number of aromatic nitrogens is 1. The first-order chi connectivity index (χ1) is 8.84. The Morgan fingerprint density at radius 3 is 2.67 bits per heavy atom. The molecule has 18 heavy (non-hydrogen) atoms. The van der Waals surface area contributed by atoms with E-state index in [2.05, 4.69) is 15.2 Å². The highest BCUT2D eigenvalue weighted by molar-refractivity contribution is 5.77. The molecular weight excluding hydrogens is 226 g/mol. The van der Waals surface area contributed by atoms with Crippen LogP contribution in [0.5, 0.6) is 0 Å². The molecule has 1 aromatic heterocycles. The molecule has 2 rings (SSSR count). The van der Waals surface area contributed by atoms with Crippen LogP contribution in [0.25, 0.3) is 0 Å². The van der Waals surface area contributed by atoms with Gasteiger partial charge in [-0.25, -0.2) is 0 Å². The van der Waals surface area contributed by atoms with E-state index >= 15 is 0 Å². The third-order valence-electron chi connectivity index (χ3n) is 3.26. The van der Waals surface area contributed by atoms with Gasteiger partial charge in [0, 0.05) is 6.20 Å². The van der Waals surface area contributed by atoms with Gasteiger partial charge >= 0.3 is 0 Å². The number of carbonyl (C=O) groups excluding carboxylic acids is 1. The fourth-order valence-corrected chi connectivity index (χ4v) is 2.25. The molecular formula is C14H21N3O. The zero-order valence-corrected chi connectivity index (χ0v) is 10.8. The molecule has 1 N–H and O–H groups in total. The minimum absolute atomic E-state index is 0.0996. The van der Waals surface area contributed by atoms with Gasteiger partial charge in [-0.1, -0.05) is 18.9 Å². The molecule has 4 nitrogen and oxygen atoms in total. The van der Waals surface area contributed by atoms with Gasteiger partial charge in [-0.15, -0.1) is 0 Å². The molecule has 1 aliphatic heterocycles. The lowest BCUT2D eigenvalue weighted by atomic mass is 10.2. The van der Waals surface area contributed by atoms with Crippen molar-refractivity contribution in [1.29, 1.82) is 0 Å². The summed E-state index contributed by atoms with van der Waals surface area (Å²) in [5.74, 6) is 0.0996. The molecule has 1 saturated heterocycles. The largest absolute Gasteiger partial charge is 0.349 e. The van der Waals surface area contributed by atoms with Crippen LogP contribution in [0.3, 0.4) is 0 Å². The van der Waals surface area contributed by atoms with Crippen molar-refractivity contribution in [3.05, 3.63) is 30.1 Å². The maximum atomic E-state index is 11.8. The lowest BCUT2D eigenvalue weighted by Gasteiger charge is -2.18. The quantitative estimate of drug-likeness (QED) is 0.878. The summed E-state index contributed by atoms with van der Waals surface area (Å²) in [5, 5.41) is 2.92. The Bertz CT molecular complexity index is 359. The molecule has 2 heterocycles. The Kier molecular flexibility index (Phi) is 5.15. The number of rotatable bonds is 4. The highest BCUT2D eigenvalue weighted by Crippen LogP contribution is 2.08. The van der Waals surface area contributed by atoms with Crippen molar-refractivity contribution < 1.29 is 4.79 Å². The summed E-state index contributed by atoms with van der Waals surface area (Å²) >= 11 is 0. The van der Waals surface area contributed by atoms with Crippen LogP contribution >= 0.6 is 0 Å². The van der Waals surface area contributed by atoms with Crippen LogP contribution in [-0.4, -0.2) is 35.4 Å². The highest BCUT2D eigenvalue weighted by atomic mass is 16.2. The molecule has 0 spiro atoms. The van der Waals surface area contributed by atoms with Crippen LogP contribution in [0.4, 0.5) is 0 Å². The van der Waals surface area contributed by atoms with E-state index in [1.165, 1.54) is 25.7 Å². The summed E-state index contributed by atoms with van der Waals surface area (Å²) in [6, 6.07) is 5.73. The van der Waals surface area contributed by atoms with Gasteiger partial charge in [-0.2, -0.15) is 0 Å². The predicted octanol–water partition coefficient (Wildman–Crippen LogP) is 1.57. The smallest absolute Gasteiger partial charge is 0.234 e. The minimum Gasteiger partial charge on any atom is -0.349 e. The van der Waals surface area contributed by atoms with Crippen LogP contribution in [0.15, 0.2) is 24.4 Å². The normalized spacial score (nSPS) is 17.1. The van der Waals surface area contributed by atoms with Crippen molar-refractivity contribution in [3.63, 3.8) is 0 Å². The van der Waals surface area contributed by atoms with Gasteiger partial charge in [-0.05, 0) is 38.1 Å². The lowest BCUT2D eigenvalue weighted by molar-refractivity contribution is -0.122. The number of amides is 1. The summed E-state index contributed by atoms with van der Waals surface area (Å²) < 4.78 is 0. The van der Waals surface area contributed by atoms with Crippen molar-refractivity contribution in [1.82, 2.24) is 15.2 Å². The Hall–Kier alpha value is -1.42. The maximum Gasteiger partial charge on any atom is 0.234 e. The molecule has 0 saturated carbocycles. The van der Waals surface area contributed by atoms with Gasteiger partial charge in [0.2, 0.25) is 5.91 Å². The first kappa shape index (κ1) is 13.0. The van der Waals surface area contributed by atoms with Crippen LogP contribution < -0.4 is 5.32 Å². The molecule has 98 valence electrons. The average molecular weight is 247 g/mol. The monoisotopic (exact) mass is 247 g/mol. The molecule has 0 aromatic carbocycles. The standard InChI is InChI=1S/C14H21N3O/c18-14(12-17-9-5-1-2-6-10-17)16-11-13-7-3-4-8-15-13/h3-4,7-8H,1-2,5-6,9-12H2,(H,16,18). The van der Waals surface area contributed by atoms with Crippen LogP contribution in [0.1, 0.15) is 31.4 Å². The highest BCUT2D eigenvalue weighted by Gasteiger charge is 2.12. The average Bonchev–Trinajstić information content (AvgIpc) is 2.66. The molecule has 4 heteroatoms. The van der Waals surface area contributed by atoms with E-state index in [-0.39, 0.29) is 5.91 Å². The Morgan fingerprint density at radius 1 is 1.22 bits per heavy atom. The van der Waals surface area contributed by atoms with Gasteiger partial charge in [-0.3, -0.25) is 14.7 Å². The number of likely N-dealkylation sites (tertiary alicyclic amines) is 1. The first-order valence-corrected chi connectivity index (χ1v) is 6.73. The second-order valence-corrected chi connectivity index (χ2v) is 4.79. The zero-order valence-electron chi connectivity index (χ0n) is 10.8. The van der Waals surface area contributed by atoms with E-state index in [1.807, 2.05) is 18.2 Å². The van der Waals surface area contributed by atoms with E-state index in [0.29, 0.717) is 13.1 Å². The topological polar surface area (TPSA) is 45.2 Å². The minimum atomic E-state index is 0.0996. The van der Waals surface area contributed by atoms with E-state index in [4.69, 9.17) is 0 Å². The van der Waals surface area contributed by atoms with Crippen molar-refractivity contribution in [2.45, 2.75) is 32.2 Å². The molecule has 0 aliphatic carbocycles.